The van der Waals surface area contributed by atoms with Gasteiger partial charge in [-0.15, -0.1) is 11.8 Å². The lowest BCUT2D eigenvalue weighted by molar-refractivity contribution is -0.128. The van der Waals surface area contributed by atoms with Crippen LogP contribution in [0, 0.1) is 12.8 Å². The van der Waals surface area contributed by atoms with Crippen LogP contribution in [0.15, 0.2) is 29.2 Å². The van der Waals surface area contributed by atoms with Crippen molar-refractivity contribution < 1.29 is 9.59 Å². The largest absolute Gasteiger partial charge is 0.273 e. The monoisotopic (exact) mass is 264 g/mol. The number of hydrogen-bond donors (Lipinski definition) is 2. The van der Waals surface area contributed by atoms with Crippen LogP contribution in [0.5, 0.6) is 0 Å². The van der Waals surface area contributed by atoms with E-state index < -0.39 is 0 Å². The molecule has 1 aromatic carbocycles. The highest BCUT2D eigenvalue weighted by atomic mass is 32.2. The Bertz CT molecular complexity index is 458. The van der Waals surface area contributed by atoms with E-state index in [2.05, 4.69) is 10.9 Å². The second-order valence-corrected chi connectivity index (χ2v) is 5.38. The minimum atomic E-state index is -0.183. The van der Waals surface area contributed by atoms with Gasteiger partial charge in [-0.25, -0.2) is 0 Å². The number of benzene rings is 1. The maximum atomic E-state index is 11.5. The summed E-state index contributed by atoms with van der Waals surface area (Å²) in [5.74, 6) is 0.145. The highest BCUT2D eigenvalue weighted by molar-refractivity contribution is 8.00. The second-order valence-electron chi connectivity index (χ2n) is 4.37. The van der Waals surface area contributed by atoms with Gasteiger partial charge in [0.05, 0.1) is 5.75 Å². The Hall–Kier alpha value is -1.49. The maximum Gasteiger partial charge on any atom is 0.248 e. The van der Waals surface area contributed by atoms with Gasteiger partial charge in [-0.05, 0) is 31.4 Å². The van der Waals surface area contributed by atoms with Gasteiger partial charge in [0.1, 0.15) is 0 Å². The zero-order chi connectivity index (χ0) is 13.0. The Balaban J connectivity index is 1.71. The minimum absolute atomic E-state index is 0.0794. The van der Waals surface area contributed by atoms with Gasteiger partial charge in [0.25, 0.3) is 0 Å². The smallest absolute Gasteiger partial charge is 0.248 e. The first-order valence-corrected chi connectivity index (χ1v) is 6.92. The van der Waals surface area contributed by atoms with Gasteiger partial charge in [-0.2, -0.15) is 0 Å². The van der Waals surface area contributed by atoms with E-state index in [0.717, 1.165) is 23.3 Å². The summed E-state index contributed by atoms with van der Waals surface area (Å²) in [7, 11) is 0. The normalized spacial score (nSPS) is 14.1. The Kier molecular flexibility index (Phi) is 4.25. The number of carbonyl (C=O) groups excluding carboxylic acids is 2. The Morgan fingerprint density at radius 2 is 2.00 bits per heavy atom. The first-order valence-electron chi connectivity index (χ1n) is 5.94. The molecule has 1 aliphatic carbocycles. The molecular formula is C13H16N2O2S. The molecule has 0 radical (unpaired) electrons. The van der Waals surface area contributed by atoms with E-state index in [4.69, 9.17) is 0 Å². The number of thioether (sulfide) groups is 1. The van der Waals surface area contributed by atoms with Crippen molar-refractivity contribution in [2.45, 2.75) is 24.7 Å². The van der Waals surface area contributed by atoms with Crippen molar-refractivity contribution in [3.05, 3.63) is 29.8 Å². The van der Waals surface area contributed by atoms with Gasteiger partial charge in [-0.3, -0.25) is 20.4 Å². The molecule has 2 amide bonds. The van der Waals surface area contributed by atoms with Crippen LogP contribution >= 0.6 is 11.8 Å². The highest BCUT2D eigenvalue weighted by Gasteiger charge is 2.29. The van der Waals surface area contributed by atoms with Crippen molar-refractivity contribution >= 4 is 23.6 Å². The molecule has 1 saturated carbocycles. The van der Waals surface area contributed by atoms with Crippen molar-refractivity contribution in [3.63, 3.8) is 0 Å². The number of nitrogens with one attached hydrogen (secondary N) is 2. The van der Waals surface area contributed by atoms with Crippen LogP contribution in [0.25, 0.3) is 0 Å². The predicted molar refractivity (Wildman–Crippen MR) is 70.9 cm³/mol. The summed E-state index contributed by atoms with van der Waals surface area (Å²) in [6.07, 6.45) is 1.86. The number of rotatable bonds is 4. The second kappa shape index (κ2) is 5.91. The van der Waals surface area contributed by atoms with Crippen LogP contribution in [-0.4, -0.2) is 17.6 Å². The SMILES string of the molecule is Cc1ccccc1SCC(=O)NNC(=O)C1CC1. The van der Waals surface area contributed by atoms with E-state index in [9.17, 15) is 9.59 Å². The molecule has 0 bridgehead atoms. The topological polar surface area (TPSA) is 58.2 Å². The molecule has 0 unspecified atom stereocenters. The fourth-order valence-electron chi connectivity index (χ4n) is 1.48. The number of carbonyl (C=O) groups is 2. The van der Waals surface area contributed by atoms with Gasteiger partial charge in [0, 0.05) is 10.8 Å². The fourth-order valence-corrected chi connectivity index (χ4v) is 2.31. The van der Waals surface area contributed by atoms with E-state index in [-0.39, 0.29) is 17.7 Å². The fraction of sp³-hybridized carbons (Fsp3) is 0.385. The molecule has 0 saturated heterocycles. The molecule has 4 nitrogen and oxygen atoms in total. The molecule has 18 heavy (non-hydrogen) atoms. The van der Waals surface area contributed by atoms with Crippen molar-refractivity contribution in [1.29, 1.82) is 0 Å². The summed E-state index contributed by atoms with van der Waals surface area (Å²) >= 11 is 1.47. The summed E-state index contributed by atoms with van der Waals surface area (Å²) in [6.45, 7) is 2.01. The summed E-state index contributed by atoms with van der Waals surface area (Å²) in [5, 5.41) is 0. The molecule has 0 atom stereocenters. The van der Waals surface area contributed by atoms with Crippen LogP contribution in [0.4, 0.5) is 0 Å². The number of amides is 2. The molecular weight excluding hydrogens is 248 g/mol. The van der Waals surface area contributed by atoms with Gasteiger partial charge in [0.15, 0.2) is 0 Å². The molecule has 0 aliphatic heterocycles. The van der Waals surface area contributed by atoms with Gasteiger partial charge >= 0.3 is 0 Å². The Morgan fingerprint density at radius 3 is 2.67 bits per heavy atom. The maximum absolute atomic E-state index is 11.5. The van der Waals surface area contributed by atoms with Crippen LogP contribution < -0.4 is 10.9 Å². The van der Waals surface area contributed by atoms with Crippen molar-refractivity contribution in [3.8, 4) is 0 Å². The summed E-state index contributed by atoms with van der Waals surface area (Å²) in [4.78, 5) is 23.9. The molecule has 0 heterocycles. The minimum Gasteiger partial charge on any atom is -0.273 e. The van der Waals surface area contributed by atoms with Crippen LogP contribution in [-0.2, 0) is 9.59 Å². The Labute approximate surface area is 110 Å². The Morgan fingerprint density at radius 1 is 1.28 bits per heavy atom. The molecule has 0 spiro atoms. The van der Waals surface area contributed by atoms with E-state index >= 15 is 0 Å². The highest BCUT2D eigenvalue weighted by Crippen LogP contribution is 2.28. The molecule has 5 heteroatoms. The number of hydrazine groups is 1. The summed E-state index contributed by atoms with van der Waals surface area (Å²) < 4.78 is 0. The third-order valence-electron chi connectivity index (χ3n) is 2.73. The van der Waals surface area contributed by atoms with Gasteiger partial charge in [0.2, 0.25) is 11.8 Å². The quantitative estimate of drug-likeness (QED) is 0.642. The van der Waals surface area contributed by atoms with E-state index in [1.165, 1.54) is 11.8 Å². The molecule has 2 rings (SSSR count). The zero-order valence-corrected chi connectivity index (χ0v) is 11.0. The molecule has 1 fully saturated rings. The lowest BCUT2D eigenvalue weighted by Gasteiger charge is -2.07. The predicted octanol–water partition coefficient (Wildman–Crippen LogP) is 1.64. The van der Waals surface area contributed by atoms with Crippen LogP contribution in [0.2, 0.25) is 0 Å². The van der Waals surface area contributed by atoms with Crippen molar-refractivity contribution in [1.82, 2.24) is 10.9 Å². The summed E-state index contributed by atoms with van der Waals surface area (Å²) in [6, 6.07) is 7.91. The zero-order valence-electron chi connectivity index (χ0n) is 10.2. The first-order chi connectivity index (χ1) is 8.66. The van der Waals surface area contributed by atoms with E-state index in [0.29, 0.717) is 5.75 Å². The number of hydrogen-bond acceptors (Lipinski definition) is 3. The summed E-state index contributed by atoms with van der Waals surface area (Å²) in [5.41, 5.74) is 6.03. The third-order valence-corrected chi connectivity index (χ3v) is 3.90. The standard InChI is InChI=1S/C13H16N2O2S/c1-9-4-2-3-5-11(9)18-8-12(16)14-15-13(17)10-6-7-10/h2-5,10H,6-8H2,1H3,(H,14,16)(H,15,17). The van der Waals surface area contributed by atoms with Gasteiger partial charge in [-0.1, -0.05) is 18.2 Å². The number of aryl methyl sites for hydroxylation is 1. The molecule has 1 aromatic rings. The van der Waals surface area contributed by atoms with Crippen molar-refractivity contribution in [2.24, 2.45) is 5.92 Å². The third kappa shape index (κ3) is 3.77. The average molecular weight is 264 g/mol. The molecule has 96 valence electrons. The van der Waals surface area contributed by atoms with Crippen LogP contribution in [0.1, 0.15) is 18.4 Å². The first kappa shape index (κ1) is 13.0. The lowest BCUT2D eigenvalue weighted by Crippen LogP contribution is -2.43. The molecule has 2 N–H and O–H groups in total. The molecule has 0 aromatic heterocycles. The molecule has 1 aliphatic rings. The van der Waals surface area contributed by atoms with Crippen molar-refractivity contribution in [2.75, 3.05) is 5.75 Å². The van der Waals surface area contributed by atoms with E-state index in [1.807, 2.05) is 31.2 Å². The average Bonchev–Trinajstić information content (AvgIpc) is 3.19. The lowest BCUT2D eigenvalue weighted by atomic mass is 10.2. The van der Waals surface area contributed by atoms with Gasteiger partial charge < -0.3 is 0 Å². The van der Waals surface area contributed by atoms with Crippen LogP contribution in [0.3, 0.4) is 0 Å². The van der Waals surface area contributed by atoms with E-state index in [1.54, 1.807) is 0 Å².